The quantitative estimate of drug-likeness (QED) is 0.907. The molecule has 1 heterocycles. The summed E-state index contributed by atoms with van der Waals surface area (Å²) in [6.45, 7) is 0.413. The van der Waals surface area contributed by atoms with Gasteiger partial charge in [-0.3, -0.25) is 0 Å². The monoisotopic (exact) mass is 282 g/mol. The lowest BCUT2D eigenvalue weighted by molar-refractivity contribution is 0.627. The van der Waals surface area contributed by atoms with Crippen LogP contribution in [0.15, 0.2) is 18.2 Å². The Kier molecular flexibility index (Phi) is 3.65. The Morgan fingerprint density at radius 3 is 3.00 bits per heavy atom. The van der Waals surface area contributed by atoms with E-state index >= 15 is 0 Å². The second kappa shape index (κ2) is 5.21. The first kappa shape index (κ1) is 12.6. The van der Waals surface area contributed by atoms with E-state index in [0.29, 0.717) is 17.1 Å². The molecule has 1 aromatic carbocycles. The number of nitrogens with one attached hydrogen (secondary N) is 1. The highest BCUT2D eigenvalue weighted by Gasteiger charge is 2.10. The van der Waals surface area contributed by atoms with Crippen LogP contribution in [-0.2, 0) is 6.54 Å². The molecule has 0 radical (unpaired) electrons. The number of nitrogen functional groups attached to an aromatic ring is 1. The molecule has 3 N–H and O–H groups in total. The summed E-state index contributed by atoms with van der Waals surface area (Å²) < 4.78 is 16.8. The molecule has 1 aromatic heterocycles. The van der Waals surface area contributed by atoms with E-state index in [9.17, 15) is 4.39 Å². The number of hydrogen-bond acceptors (Lipinski definition) is 5. The molecule has 0 bridgehead atoms. The maximum atomic E-state index is 13.0. The van der Waals surface area contributed by atoms with E-state index in [-0.39, 0.29) is 10.8 Å². The largest absolute Gasteiger partial charge is 0.382 e. The van der Waals surface area contributed by atoms with E-state index in [2.05, 4.69) is 9.69 Å². The van der Waals surface area contributed by atoms with Gasteiger partial charge in [-0.2, -0.15) is 9.64 Å². The first-order valence-electron chi connectivity index (χ1n) is 4.95. The molecule has 0 atom stereocenters. The third kappa shape index (κ3) is 2.53. The Bertz CT molecular complexity index is 620. The van der Waals surface area contributed by atoms with Crippen LogP contribution in [0.2, 0.25) is 5.02 Å². The van der Waals surface area contributed by atoms with Crippen LogP contribution in [0.4, 0.5) is 15.2 Å². The molecule has 0 spiro atoms. The lowest BCUT2D eigenvalue weighted by Gasteiger charge is -2.04. The summed E-state index contributed by atoms with van der Waals surface area (Å²) in [4.78, 5) is 0. The van der Waals surface area contributed by atoms with Crippen molar-refractivity contribution in [3.05, 3.63) is 40.2 Å². The van der Waals surface area contributed by atoms with E-state index in [0.717, 1.165) is 17.1 Å². The maximum absolute atomic E-state index is 13.0. The molecule has 0 saturated heterocycles. The van der Waals surface area contributed by atoms with Crippen molar-refractivity contribution in [3.63, 3.8) is 0 Å². The van der Waals surface area contributed by atoms with Crippen LogP contribution in [0.1, 0.15) is 11.1 Å². The smallest absolute Gasteiger partial charge is 0.157 e. The van der Waals surface area contributed by atoms with Gasteiger partial charge in [0.15, 0.2) is 5.82 Å². The Balaban J connectivity index is 2.12. The van der Waals surface area contributed by atoms with E-state index in [1.165, 1.54) is 12.1 Å². The molecule has 0 aliphatic heterocycles. The zero-order chi connectivity index (χ0) is 13.1. The van der Waals surface area contributed by atoms with Crippen LogP contribution in [-0.4, -0.2) is 4.37 Å². The zero-order valence-electron chi connectivity index (χ0n) is 9.08. The first-order valence-corrected chi connectivity index (χ1v) is 6.10. The number of anilines is 2. The third-order valence-electron chi connectivity index (χ3n) is 2.27. The minimum absolute atomic E-state index is 0.0682. The Hall–Kier alpha value is -1.84. The number of benzene rings is 1. The van der Waals surface area contributed by atoms with Crippen LogP contribution in [0.3, 0.4) is 0 Å². The standard InChI is InChI=1S/C11H8ClFN4S/c12-8-3-6(1-2-9(8)13)5-16-11-7(4-14)10(15)17-18-11/h1-3,16H,5H2,(H2,15,17). The van der Waals surface area contributed by atoms with Crippen molar-refractivity contribution in [1.29, 1.82) is 5.26 Å². The Labute approximate surface area is 112 Å². The van der Waals surface area contributed by atoms with E-state index < -0.39 is 5.82 Å². The molecule has 92 valence electrons. The van der Waals surface area contributed by atoms with Crippen LogP contribution < -0.4 is 11.1 Å². The van der Waals surface area contributed by atoms with Gasteiger partial charge in [0, 0.05) is 6.54 Å². The van der Waals surface area contributed by atoms with Gasteiger partial charge in [0.1, 0.15) is 22.5 Å². The predicted octanol–water partition coefficient (Wildman–Crippen LogP) is 3.00. The summed E-state index contributed by atoms with van der Waals surface area (Å²) in [6, 6.07) is 6.42. The second-order valence-electron chi connectivity index (χ2n) is 3.49. The molecule has 7 heteroatoms. The number of nitrogens with two attached hydrogens (primary N) is 1. The normalized spacial score (nSPS) is 10.1. The van der Waals surface area contributed by atoms with Gasteiger partial charge < -0.3 is 11.1 Å². The molecule has 0 amide bonds. The number of rotatable bonds is 3. The molecular weight excluding hydrogens is 275 g/mol. The first-order chi connectivity index (χ1) is 8.61. The summed E-state index contributed by atoms with van der Waals surface area (Å²) in [7, 11) is 0. The number of nitriles is 1. The minimum atomic E-state index is -0.458. The van der Waals surface area contributed by atoms with Gasteiger partial charge in [-0.25, -0.2) is 4.39 Å². The third-order valence-corrected chi connectivity index (χ3v) is 3.38. The van der Waals surface area contributed by atoms with Crippen LogP contribution in [0.25, 0.3) is 0 Å². The van der Waals surface area contributed by atoms with Crippen LogP contribution in [0.5, 0.6) is 0 Å². The molecule has 0 aliphatic carbocycles. The minimum Gasteiger partial charge on any atom is -0.382 e. The van der Waals surface area contributed by atoms with Gasteiger partial charge in [0.25, 0.3) is 0 Å². The highest BCUT2D eigenvalue weighted by atomic mass is 35.5. The van der Waals surface area contributed by atoms with Gasteiger partial charge in [0.05, 0.1) is 5.02 Å². The summed E-state index contributed by atoms with van der Waals surface area (Å²) in [5, 5.41) is 12.6. The highest BCUT2D eigenvalue weighted by Crippen LogP contribution is 2.26. The van der Waals surface area contributed by atoms with Crippen LogP contribution in [0, 0.1) is 17.1 Å². The molecule has 0 unspecified atom stereocenters. The van der Waals surface area contributed by atoms with Crippen molar-refractivity contribution in [2.75, 3.05) is 11.1 Å². The van der Waals surface area contributed by atoms with Crippen molar-refractivity contribution in [1.82, 2.24) is 4.37 Å². The molecule has 0 saturated carbocycles. The summed E-state index contributed by atoms with van der Waals surface area (Å²) >= 11 is 6.79. The van der Waals surface area contributed by atoms with Crippen molar-refractivity contribution in [2.45, 2.75) is 6.54 Å². The van der Waals surface area contributed by atoms with Gasteiger partial charge in [-0.1, -0.05) is 17.7 Å². The SMILES string of the molecule is N#Cc1c(N)nsc1NCc1ccc(F)c(Cl)c1. The predicted molar refractivity (Wildman–Crippen MR) is 70.0 cm³/mol. The highest BCUT2D eigenvalue weighted by molar-refractivity contribution is 7.10. The number of halogens is 2. The van der Waals surface area contributed by atoms with Crippen molar-refractivity contribution >= 4 is 34.0 Å². The van der Waals surface area contributed by atoms with Crippen molar-refractivity contribution in [2.24, 2.45) is 0 Å². The molecular formula is C11H8ClFN4S. The lowest BCUT2D eigenvalue weighted by Crippen LogP contribution is -2.00. The maximum Gasteiger partial charge on any atom is 0.157 e. The van der Waals surface area contributed by atoms with Gasteiger partial charge in [0.2, 0.25) is 0 Å². The topological polar surface area (TPSA) is 74.7 Å². The number of hydrogen-bond donors (Lipinski definition) is 2. The van der Waals surface area contributed by atoms with Crippen molar-refractivity contribution in [3.8, 4) is 6.07 Å². The lowest BCUT2D eigenvalue weighted by atomic mass is 10.2. The van der Waals surface area contributed by atoms with Crippen molar-refractivity contribution < 1.29 is 4.39 Å². The number of nitrogens with zero attached hydrogens (tertiary/aromatic N) is 2. The van der Waals surface area contributed by atoms with E-state index in [1.807, 2.05) is 6.07 Å². The summed E-state index contributed by atoms with van der Waals surface area (Å²) in [5.74, 6) is -0.248. The zero-order valence-corrected chi connectivity index (χ0v) is 10.6. The average molecular weight is 283 g/mol. The molecule has 2 rings (SSSR count). The van der Waals surface area contributed by atoms with Gasteiger partial charge in [-0.15, -0.1) is 0 Å². The average Bonchev–Trinajstić information content (AvgIpc) is 2.71. The fourth-order valence-electron chi connectivity index (χ4n) is 1.36. The van der Waals surface area contributed by atoms with E-state index in [1.54, 1.807) is 6.07 Å². The Morgan fingerprint density at radius 1 is 1.56 bits per heavy atom. The fourth-order valence-corrected chi connectivity index (χ4v) is 2.23. The van der Waals surface area contributed by atoms with E-state index in [4.69, 9.17) is 22.6 Å². The van der Waals surface area contributed by atoms with Gasteiger partial charge >= 0.3 is 0 Å². The fraction of sp³-hybridized carbons (Fsp3) is 0.0909. The summed E-state index contributed by atoms with van der Waals surface area (Å²) in [6.07, 6.45) is 0. The molecule has 4 nitrogen and oxygen atoms in total. The van der Waals surface area contributed by atoms with Crippen LogP contribution >= 0.6 is 23.1 Å². The second-order valence-corrected chi connectivity index (χ2v) is 4.67. The number of aromatic nitrogens is 1. The Morgan fingerprint density at radius 2 is 2.33 bits per heavy atom. The molecule has 0 fully saturated rings. The summed E-state index contributed by atoms with van der Waals surface area (Å²) in [5.41, 5.74) is 6.66. The van der Waals surface area contributed by atoms with Gasteiger partial charge in [-0.05, 0) is 29.2 Å². The molecule has 2 aromatic rings. The molecule has 0 aliphatic rings. The molecule has 18 heavy (non-hydrogen) atoms.